The van der Waals surface area contributed by atoms with Gasteiger partial charge >= 0.3 is 26.6 Å². The molecule has 0 radical (unpaired) electrons. The standard InChI is InChI=1S/C13H16N6O12S3/c1-13(2,11(23)24)31-17-5(4-3-32-12(14)15-4)8(20)16-6-7(9(21)18-33(25,26)27)19(10(6)22)34(28,29)30/h3,6-7H,1-2H3,(H2,14,15)(H,16,20)(H,18,21)(H,23,24)(H,25,26,27)(H,28,29,30)/b17-5+/t6-,7-/m1/s1. The van der Waals surface area contributed by atoms with E-state index < -0.39 is 72.0 Å². The van der Waals surface area contributed by atoms with Crippen molar-refractivity contribution in [2.45, 2.75) is 31.5 Å². The van der Waals surface area contributed by atoms with E-state index in [9.17, 15) is 36.0 Å². The van der Waals surface area contributed by atoms with Gasteiger partial charge < -0.3 is 21.0 Å². The first-order valence-electron chi connectivity index (χ1n) is 8.46. The first kappa shape index (κ1) is 26.8. The van der Waals surface area contributed by atoms with Gasteiger partial charge in [-0.25, -0.2) is 14.5 Å². The van der Waals surface area contributed by atoms with Crippen molar-refractivity contribution in [3.8, 4) is 0 Å². The minimum atomic E-state index is -5.39. The lowest BCUT2D eigenvalue weighted by atomic mass is 9.98. The number of oxime groups is 1. The number of nitrogens with zero attached hydrogens (tertiary/aromatic N) is 3. The number of hydrogen-bond donors (Lipinski definition) is 6. The molecule has 1 fully saturated rings. The van der Waals surface area contributed by atoms with Crippen LogP contribution in [-0.2, 0) is 44.6 Å². The van der Waals surface area contributed by atoms with Gasteiger partial charge in [-0.15, -0.1) is 11.3 Å². The van der Waals surface area contributed by atoms with Gasteiger partial charge in [-0.2, -0.15) is 21.1 Å². The molecule has 0 aromatic carbocycles. The molecule has 3 amide bonds. The molecule has 21 heteroatoms. The number of carboxylic acid groups (broad SMARTS) is 1. The van der Waals surface area contributed by atoms with Crippen LogP contribution in [0.2, 0.25) is 0 Å². The minimum absolute atomic E-state index is 0.0596. The lowest BCUT2D eigenvalue weighted by molar-refractivity contribution is -0.161. The highest BCUT2D eigenvalue weighted by Crippen LogP contribution is 2.24. The lowest BCUT2D eigenvalue weighted by Crippen LogP contribution is -2.76. The highest BCUT2D eigenvalue weighted by molar-refractivity contribution is 7.84. The van der Waals surface area contributed by atoms with Crippen LogP contribution in [0.1, 0.15) is 19.5 Å². The summed E-state index contributed by atoms with van der Waals surface area (Å²) >= 11 is 0.832. The van der Waals surface area contributed by atoms with Crippen LogP contribution >= 0.6 is 11.3 Å². The van der Waals surface area contributed by atoms with Crippen molar-refractivity contribution in [1.82, 2.24) is 19.3 Å². The zero-order valence-electron chi connectivity index (χ0n) is 16.9. The molecule has 0 aliphatic carbocycles. The molecule has 2 atom stereocenters. The number of nitrogens with two attached hydrogens (primary N) is 1. The molecule has 2 heterocycles. The molecule has 1 aromatic rings. The van der Waals surface area contributed by atoms with Crippen LogP contribution in [0.4, 0.5) is 5.13 Å². The second-order valence-electron chi connectivity index (χ2n) is 6.87. The van der Waals surface area contributed by atoms with E-state index in [0.29, 0.717) is 0 Å². The maximum atomic E-state index is 12.8. The Hall–Kier alpha value is -3.40. The second kappa shape index (κ2) is 9.09. The molecule has 2 rings (SSSR count). The van der Waals surface area contributed by atoms with Crippen molar-refractivity contribution in [3.05, 3.63) is 11.1 Å². The third-order valence-corrected chi connectivity index (χ3v) is 5.98. The van der Waals surface area contributed by atoms with E-state index in [0.717, 1.165) is 29.9 Å². The van der Waals surface area contributed by atoms with Crippen molar-refractivity contribution in [2.24, 2.45) is 5.16 Å². The lowest BCUT2D eigenvalue weighted by Gasteiger charge is -2.42. The summed E-state index contributed by atoms with van der Waals surface area (Å²) in [4.78, 5) is 56.9. The zero-order chi connectivity index (χ0) is 26.2. The molecule has 0 spiro atoms. The van der Waals surface area contributed by atoms with Gasteiger partial charge in [0.2, 0.25) is 5.60 Å². The van der Waals surface area contributed by atoms with E-state index in [-0.39, 0.29) is 10.8 Å². The Labute approximate surface area is 194 Å². The normalized spacial score (nSPS) is 19.2. The van der Waals surface area contributed by atoms with Crippen LogP contribution in [0, 0.1) is 0 Å². The number of hydrogen-bond acceptors (Lipinski definition) is 13. The van der Waals surface area contributed by atoms with Crippen molar-refractivity contribution in [2.75, 3.05) is 5.73 Å². The number of carbonyl (C=O) groups is 4. The monoisotopic (exact) mass is 544 g/mol. The summed E-state index contributed by atoms with van der Waals surface area (Å²) in [5, 5.41) is 15.5. The minimum Gasteiger partial charge on any atom is -0.478 e. The van der Waals surface area contributed by atoms with Gasteiger partial charge in [0.25, 0.3) is 17.7 Å². The fourth-order valence-corrected chi connectivity index (χ4v) is 4.08. The summed E-state index contributed by atoms with van der Waals surface area (Å²) in [6.45, 7) is 2.16. The largest absolute Gasteiger partial charge is 0.478 e. The topological polar surface area (TPSA) is 285 Å². The molecule has 0 unspecified atom stereocenters. The first-order chi connectivity index (χ1) is 15.3. The summed E-state index contributed by atoms with van der Waals surface area (Å²) in [6, 6.07) is -4.42. The Kier molecular flexibility index (Phi) is 7.18. The van der Waals surface area contributed by atoms with Crippen LogP contribution < -0.4 is 15.8 Å². The number of thiazole rings is 1. The number of carboxylic acids is 1. The molecule has 1 aromatic heterocycles. The SMILES string of the molecule is CC(C)(O/N=C(/C(=O)N[C@H]1C(=O)N(S(=O)(=O)O)[C@H]1C(=O)NS(=O)(=O)O)c1csc(N)n1)C(=O)O. The molecule has 0 saturated carbocycles. The first-order valence-corrected chi connectivity index (χ1v) is 12.2. The maximum Gasteiger partial charge on any atom is 0.363 e. The van der Waals surface area contributed by atoms with Crippen LogP contribution in [0.5, 0.6) is 0 Å². The number of anilines is 1. The van der Waals surface area contributed by atoms with Gasteiger partial charge in [0.15, 0.2) is 16.9 Å². The van der Waals surface area contributed by atoms with Crippen molar-refractivity contribution in [3.63, 3.8) is 0 Å². The predicted octanol–water partition coefficient (Wildman–Crippen LogP) is -3.27. The van der Waals surface area contributed by atoms with E-state index in [1.54, 1.807) is 0 Å². The van der Waals surface area contributed by atoms with Gasteiger partial charge in [0.1, 0.15) is 11.7 Å². The number of nitrogens with one attached hydrogen (secondary N) is 2. The molecule has 34 heavy (non-hydrogen) atoms. The molecule has 1 saturated heterocycles. The highest BCUT2D eigenvalue weighted by atomic mass is 32.2. The van der Waals surface area contributed by atoms with E-state index in [4.69, 9.17) is 24.8 Å². The second-order valence-corrected chi connectivity index (χ2v) is 10.2. The summed E-state index contributed by atoms with van der Waals surface area (Å²) < 4.78 is 63.0. The number of carbonyl (C=O) groups excluding carboxylic acids is 3. The summed E-state index contributed by atoms with van der Waals surface area (Å²) in [5.41, 5.74) is 2.53. The number of amides is 3. The van der Waals surface area contributed by atoms with Crippen LogP contribution in [0.25, 0.3) is 0 Å². The Morgan fingerprint density at radius 2 is 1.85 bits per heavy atom. The van der Waals surface area contributed by atoms with Gasteiger partial charge in [-0.05, 0) is 13.8 Å². The third kappa shape index (κ3) is 5.93. The number of rotatable bonds is 9. The van der Waals surface area contributed by atoms with Crippen LogP contribution in [0.15, 0.2) is 10.5 Å². The van der Waals surface area contributed by atoms with Gasteiger partial charge in [-0.1, -0.05) is 5.16 Å². The fraction of sp³-hybridized carbons (Fsp3) is 0.385. The molecule has 1 aliphatic rings. The zero-order valence-corrected chi connectivity index (χ0v) is 19.3. The Morgan fingerprint density at radius 3 is 2.29 bits per heavy atom. The van der Waals surface area contributed by atoms with Crippen LogP contribution in [-0.4, -0.2) is 87.4 Å². The fourth-order valence-electron chi connectivity index (χ4n) is 2.32. The average molecular weight is 545 g/mol. The summed E-state index contributed by atoms with van der Waals surface area (Å²) in [5.74, 6) is -6.20. The number of nitrogen functional groups attached to an aromatic ring is 1. The molecule has 188 valence electrons. The van der Waals surface area contributed by atoms with Crippen molar-refractivity contribution in [1.29, 1.82) is 0 Å². The van der Waals surface area contributed by atoms with E-state index in [2.05, 4.69) is 10.1 Å². The molecule has 18 nitrogen and oxygen atoms in total. The van der Waals surface area contributed by atoms with Crippen molar-refractivity contribution >= 4 is 66.5 Å². The van der Waals surface area contributed by atoms with Crippen molar-refractivity contribution < 1.29 is 55.1 Å². The summed E-state index contributed by atoms with van der Waals surface area (Å²) in [7, 11) is -10.6. The molecule has 1 aliphatic heterocycles. The van der Waals surface area contributed by atoms with E-state index in [1.807, 2.05) is 5.32 Å². The third-order valence-electron chi connectivity index (χ3n) is 3.94. The molecule has 0 bridgehead atoms. The summed E-state index contributed by atoms with van der Waals surface area (Å²) in [6.07, 6.45) is 0. The average Bonchev–Trinajstić information content (AvgIpc) is 3.07. The van der Waals surface area contributed by atoms with Gasteiger partial charge in [-0.3, -0.25) is 23.5 Å². The number of aliphatic carboxylic acids is 1. The Balaban J connectivity index is 2.41. The smallest absolute Gasteiger partial charge is 0.363 e. The van der Waals surface area contributed by atoms with E-state index >= 15 is 0 Å². The Bertz CT molecular complexity index is 1280. The molecule has 7 N–H and O–H groups in total. The Morgan fingerprint density at radius 1 is 1.26 bits per heavy atom. The molecular weight excluding hydrogens is 528 g/mol. The maximum absolute atomic E-state index is 12.8. The van der Waals surface area contributed by atoms with Gasteiger partial charge in [0.05, 0.1) is 0 Å². The highest BCUT2D eigenvalue weighted by Gasteiger charge is 2.58. The predicted molar refractivity (Wildman–Crippen MR) is 110 cm³/mol. The van der Waals surface area contributed by atoms with Crippen LogP contribution in [0.3, 0.4) is 0 Å². The quantitative estimate of drug-likeness (QED) is 0.0769. The number of aromatic nitrogens is 1. The number of β-lactam (4-membered cyclic amide) rings is 1. The molecular formula is C13H16N6O12S3. The van der Waals surface area contributed by atoms with E-state index in [1.165, 1.54) is 5.38 Å². The van der Waals surface area contributed by atoms with Gasteiger partial charge in [0, 0.05) is 5.38 Å².